The normalized spacial score (nSPS) is 10.7. The fourth-order valence-electron chi connectivity index (χ4n) is 1.85. The highest BCUT2D eigenvalue weighted by Gasteiger charge is 2.13. The number of amides is 1. The average Bonchev–Trinajstić information content (AvgIpc) is 2.91. The van der Waals surface area contributed by atoms with Crippen molar-refractivity contribution in [3.05, 3.63) is 52.4 Å². The van der Waals surface area contributed by atoms with Gasteiger partial charge in [-0.3, -0.25) is 9.89 Å². The third-order valence-electron chi connectivity index (χ3n) is 2.80. The molecule has 5 nitrogen and oxygen atoms in total. The van der Waals surface area contributed by atoms with E-state index in [-0.39, 0.29) is 21.6 Å². The van der Waals surface area contributed by atoms with Crippen LogP contribution in [0, 0.1) is 0 Å². The first-order valence-corrected chi connectivity index (χ1v) is 6.45. The molecule has 20 heavy (non-hydrogen) atoms. The molecule has 0 unspecified atom stereocenters. The van der Waals surface area contributed by atoms with Crippen LogP contribution in [-0.2, 0) is 0 Å². The zero-order valence-electron chi connectivity index (χ0n) is 10.0. The van der Waals surface area contributed by atoms with Crippen LogP contribution in [0.3, 0.4) is 0 Å². The van der Waals surface area contributed by atoms with Gasteiger partial charge in [-0.2, -0.15) is 5.10 Å². The number of fused-ring (bicyclic) bond motifs is 1. The van der Waals surface area contributed by atoms with Crippen molar-refractivity contribution in [2.75, 3.05) is 5.32 Å². The first-order valence-electron chi connectivity index (χ1n) is 5.69. The van der Waals surface area contributed by atoms with Crippen LogP contribution >= 0.6 is 23.2 Å². The van der Waals surface area contributed by atoms with Crippen molar-refractivity contribution in [1.29, 1.82) is 0 Å². The minimum atomic E-state index is -0.354. The second-order valence-corrected chi connectivity index (χ2v) is 4.87. The van der Waals surface area contributed by atoms with E-state index in [1.165, 1.54) is 12.3 Å². The second kappa shape index (κ2) is 5.11. The van der Waals surface area contributed by atoms with Crippen molar-refractivity contribution in [1.82, 2.24) is 15.2 Å². The Balaban J connectivity index is 1.96. The van der Waals surface area contributed by atoms with Crippen LogP contribution in [-0.4, -0.2) is 21.1 Å². The number of pyridine rings is 1. The molecule has 0 saturated heterocycles. The number of aromatic amines is 1. The summed E-state index contributed by atoms with van der Waals surface area (Å²) in [7, 11) is 0. The maximum Gasteiger partial charge on any atom is 0.257 e. The lowest BCUT2D eigenvalue weighted by Crippen LogP contribution is -2.12. The summed E-state index contributed by atoms with van der Waals surface area (Å²) in [6.45, 7) is 0. The Morgan fingerprint density at radius 2 is 2.10 bits per heavy atom. The van der Waals surface area contributed by atoms with E-state index < -0.39 is 0 Å². The molecule has 0 radical (unpaired) electrons. The van der Waals surface area contributed by atoms with Crippen molar-refractivity contribution >= 4 is 45.7 Å². The molecule has 3 rings (SSSR count). The Labute approximate surface area is 123 Å². The fourth-order valence-corrected chi connectivity index (χ4v) is 2.20. The van der Waals surface area contributed by atoms with E-state index in [0.717, 1.165) is 10.9 Å². The largest absolute Gasteiger partial charge is 0.321 e. The minimum absolute atomic E-state index is 0.209. The van der Waals surface area contributed by atoms with Gasteiger partial charge in [0.2, 0.25) is 0 Å². The number of hydrogen-bond donors (Lipinski definition) is 2. The van der Waals surface area contributed by atoms with Gasteiger partial charge in [0, 0.05) is 11.6 Å². The van der Waals surface area contributed by atoms with Gasteiger partial charge < -0.3 is 5.32 Å². The van der Waals surface area contributed by atoms with Gasteiger partial charge in [0.1, 0.15) is 5.15 Å². The van der Waals surface area contributed by atoms with Gasteiger partial charge in [-0.1, -0.05) is 29.3 Å². The lowest BCUT2D eigenvalue weighted by Gasteiger charge is -2.07. The van der Waals surface area contributed by atoms with Crippen LogP contribution in [0.4, 0.5) is 5.69 Å². The molecule has 0 atom stereocenters. The zero-order chi connectivity index (χ0) is 14.1. The molecule has 2 heterocycles. The molecule has 1 amide bonds. The Morgan fingerprint density at radius 3 is 2.95 bits per heavy atom. The molecule has 7 heteroatoms. The van der Waals surface area contributed by atoms with Crippen molar-refractivity contribution in [2.24, 2.45) is 0 Å². The van der Waals surface area contributed by atoms with Crippen LogP contribution in [0.25, 0.3) is 10.9 Å². The number of hydrogen-bond acceptors (Lipinski definition) is 3. The van der Waals surface area contributed by atoms with E-state index in [4.69, 9.17) is 23.2 Å². The van der Waals surface area contributed by atoms with Crippen molar-refractivity contribution < 1.29 is 4.79 Å². The monoisotopic (exact) mass is 306 g/mol. The van der Waals surface area contributed by atoms with E-state index in [9.17, 15) is 4.79 Å². The predicted octanol–water partition coefficient (Wildman–Crippen LogP) is 3.52. The number of aromatic nitrogens is 3. The standard InChI is InChI=1S/C13H8Cl2N4O/c14-9-6-16-12(15)4-7(9)13(20)18-10-2-1-3-11-8(10)5-17-19-11/h1-6H,(H,17,19)(H,18,20). The number of halogens is 2. The summed E-state index contributed by atoms with van der Waals surface area (Å²) < 4.78 is 0. The summed E-state index contributed by atoms with van der Waals surface area (Å²) in [5, 5.41) is 10.8. The quantitative estimate of drug-likeness (QED) is 0.712. The van der Waals surface area contributed by atoms with Crippen molar-refractivity contribution in [3.8, 4) is 0 Å². The summed E-state index contributed by atoms with van der Waals surface area (Å²) in [6, 6.07) is 6.90. The molecule has 0 aliphatic heterocycles. The van der Waals surface area contributed by atoms with Gasteiger partial charge in [0.25, 0.3) is 5.91 Å². The van der Waals surface area contributed by atoms with E-state index in [1.54, 1.807) is 12.3 Å². The van der Waals surface area contributed by atoms with Crippen molar-refractivity contribution in [3.63, 3.8) is 0 Å². The molecule has 0 fully saturated rings. The molecule has 0 spiro atoms. The average molecular weight is 307 g/mol. The minimum Gasteiger partial charge on any atom is -0.321 e. The Bertz CT molecular complexity index is 800. The number of rotatable bonds is 2. The third kappa shape index (κ3) is 2.33. The Morgan fingerprint density at radius 1 is 1.25 bits per heavy atom. The van der Waals surface area contributed by atoms with Crippen LogP contribution in [0.15, 0.2) is 36.7 Å². The molecule has 0 bridgehead atoms. The van der Waals surface area contributed by atoms with Crippen LogP contribution in [0.1, 0.15) is 10.4 Å². The van der Waals surface area contributed by atoms with Gasteiger partial charge in [-0.05, 0) is 18.2 Å². The first kappa shape index (κ1) is 12.9. The van der Waals surface area contributed by atoms with Crippen molar-refractivity contribution in [2.45, 2.75) is 0 Å². The fraction of sp³-hybridized carbons (Fsp3) is 0. The maximum atomic E-state index is 12.2. The highest BCUT2D eigenvalue weighted by molar-refractivity contribution is 6.35. The number of nitrogens with one attached hydrogen (secondary N) is 2. The molecule has 1 aromatic carbocycles. The Hall–Kier alpha value is -2.11. The van der Waals surface area contributed by atoms with Crippen LogP contribution in [0.2, 0.25) is 10.2 Å². The molecular weight excluding hydrogens is 299 g/mol. The van der Waals surface area contributed by atoms with Crippen LogP contribution < -0.4 is 5.32 Å². The van der Waals surface area contributed by atoms with E-state index in [0.29, 0.717) is 5.69 Å². The highest BCUT2D eigenvalue weighted by Crippen LogP contribution is 2.24. The summed E-state index contributed by atoms with van der Waals surface area (Å²) in [5.74, 6) is -0.354. The smallest absolute Gasteiger partial charge is 0.257 e. The molecule has 100 valence electrons. The maximum absolute atomic E-state index is 12.2. The molecule has 0 aliphatic carbocycles. The van der Waals surface area contributed by atoms with E-state index >= 15 is 0 Å². The van der Waals surface area contributed by atoms with Gasteiger partial charge in [-0.15, -0.1) is 0 Å². The summed E-state index contributed by atoms with van der Waals surface area (Å²) in [6.07, 6.45) is 2.99. The summed E-state index contributed by atoms with van der Waals surface area (Å²) in [4.78, 5) is 16.0. The summed E-state index contributed by atoms with van der Waals surface area (Å²) >= 11 is 11.7. The molecule has 2 N–H and O–H groups in total. The van der Waals surface area contributed by atoms with E-state index in [2.05, 4.69) is 20.5 Å². The Kier molecular flexibility index (Phi) is 3.30. The van der Waals surface area contributed by atoms with Gasteiger partial charge >= 0.3 is 0 Å². The molecule has 2 aromatic heterocycles. The molecular formula is C13H8Cl2N4O. The lowest BCUT2D eigenvalue weighted by atomic mass is 10.2. The first-order chi connectivity index (χ1) is 9.65. The SMILES string of the molecule is O=C(Nc1cccc2[nH]ncc12)c1cc(Cl)ncc1Cl. The predicted molar refractivity (Wildman–Crippen MR) is 78.3 cm³/mol. The zero-order valence-corrected chi connectivity index (χ0v) is 11.5. The molecule has 3 aromatic rings. The van der Waals surface area contributed by atoms with Gasteiger partial charge in [-0.25, -0.2) is 4.98 Å². The highest BCUT2D eigenvalue weighted by atomic mass is 35.5. The second-order valence-electron chi connectivity index (χ2n) is 4.08. The number of nitrogens with zero attached hydrogens (tertiary/aromatic N) is 2. The number of carbonyl (C=O) groups is 1. The number of H-pyrrole nitrogens is 1. The lowest BCUT2D eigenvalue weighted by molar-refractivity contribution is 0.102. The topological polar surface area (TPSA) is 70.7 Å². The number of carbonyl (C=O) groups excluding carboxylic acids is 1. The number of anilines is 1. The van der Waals surface area contributed by atoms with Gasteiger partial charge in [0.05, 0.1) is 28.0 Å². The molecule has 0 aliphatic rings. The van der Waals surface area contributed by atoms with Gasteiger partial charge in [0.15, 0.2) is 0 Å². The molecule has 0 saturated carbocycles. The summed E-state index contributed by atoms with van der Waals surface area (Å²) in [5.41, 5.74) is 1.75. The van der Waals surface area contributed by atoms with Crippen LogP contribution in [0.5, 0.6) is 0 Å². The third-order valence-corrected chi connectivity index (χ3v) is 3.31. The number of benzene rings is 1. The van der Waals surface area contributed by atoms with E-state index in [1.807, 2.05) is 12.1 Å².